The van der Waals surface area contributed by atoms with E-state index in [1.165, 1.54) is 19.3 Å². The summed E-state index contributed by atoms with van der Waals surface area (Å²) in [6, 6.07) is 22.0. The molecule has 5 rings (SSSR count). The van der Waals surface area contributed by atoms with Gasteiger partial charge in [0.2, 0.25) is 5.91 Å². The van der Waals surface area contributed by atoms with Crippen molar-refractivity contribution in [1.82, 2.24) is 0 Å². The summed E-state index contributed by atoms with van der Waals surface area (Å²) in [5.74, 6) is -0.0327. The zero-order valence-corrected chi connectivity index (χ0v) is 26.6. The molecule has 2 N–H and O–H groups in total. The van der Waals surface area contributed by atoms with E-state index in [4.69, 9.17) is 14.6 Å². The predicted molar refractivity (Wildman–Crippen MR) is 175 cm³/mol. The number of ether oxygens (including phenoxy) is 2. The number of amides is 1. The molecule has 0 spiro atoms. The Balaban J connectivity index is 1.33. The van der Waals surface area contributed by atoms with Crippen molar-refractivity contribution in [3.8, 4) is 11.5 Å². The molecule has 3 aromatic rings. The number of carboxylic acids is 1. The van der Waals surface area contributed by atoms with Crippen molar-refractivity contribution in [2.75, 3.05) is 5.32 Å². The van der Waals surface area contributed by atoms with Gasteiger partial charge in [-0.05, 0) is 59.9 Å². The van der Waals surface area contributed by atoms with Crippen LogP contribution in [-0.2, 0) is 31.0 Å². The largest absolute Gasteiger partial charge is 0.481 e. The Bertz CT molecular complexity index is 1470. The third kappa shape index (κ3) is 8.53. The van der Waals surface area contributed by atoms with Crippen LogP contribution in [0.1, 0.15) is 107 Å². The molecule has 1 fully saturated rings. The Morgan fingerprint density at radius 1 is 0.933 bits per heavy atom. The second-order valence-corrected chi connectivity index (χ2v) is 13.6. The summed E-state index contributed by atoms with van der Waals surface area (Å²) in [6.07, 6.45) is 7.14. The molecule has 1 aliphatic heterocycles. The Morgan fingerprint density at radius 3 is 2.20 bits per heavy atom. The van der Waals surface area contributed by atoms with Crippen LogP contribution in [0.15, 0.2) is 66.7 Å². The van der Waals surface area contributed by atoms with Gasteiger partial charge < -0.3 is 19.9 Å². The number of aliphatic carboxylic acids is 1. The zero-order valence-electron chi connectivity index (χ0n) is 26.6. The third-order valence-electron chi connectivity index (χ3n) is 9.03. The van der Waals surface area contributed by atoms with E-state index >= 15 is 0 Å². The maximum absolute atomic E-state index is 13.7. The quantitative estimate of drug-likeness (QED) is 0.166. The lowest BCUT2D eigenvalue weighted by Crippen LogP contribution is -2.25. The van der Waals surface area contributed by atoms with Crippen LogP contribution in [0.4, 0.5) is 5.69 Å². The number of hydrogen-bond donors (Lipinski definition) is 2. The van der Waals surface area contributed by atoms with Crippen LogP contribution in [0.25, 0.3) is 0 Å². The number of nitrogens with one attached hydrogen (secondary N) is 1. The van der Waals surface area contributed by atoms with E-state index in [-0.39, 0.29) is 29.8 Å². The Labute approximate surface area is 266 Å². The molecule has 2 aliphatic rings. The van der Waals surface area contributed by atoms with Gasteiger partial charge in [0.05, 0.1) is 0 Å². The number of para-hydroxylation sites is 2. The van der Waals surface area contributed by atoms with Gasteiger partial charge in [-0.25, -0.2) is 0 Å². The average molecular weight is 612 g/mol. The first-order valence-electron chi connectivity index (χ1n) is 16.3. The van der Waals surface area contributed by atoms with Gasteiger partial charge in [0.25, 0.3) is 0 Å². The van der Waals surface area contributed by atoms with E-state index in [0.29, 0.717) is 18.8 Å². The van der Waals surface area contributed by atoms with Crippen molar-refractivity contribution in [3.05, 3.63) is 89.0 Å². The van der Waals surface area contributed by atoms with Gasteiger partial charge in [0.15, 0.2) is 0 Å². The maximum Gasteiger partial charge on any atom is 0.317 e. The van der Waals surface area contributed by atoms with Crippen molar-refractivity contribution in [3.63, 3.8) is 0 Å². The molecule has 1 saturated carbocycles. The zero-order chi connectivity index (χ0) is 32.0. The molecule has 238 valence electrons. The van der Waals surface area contributed by atoms with Gasteiger partial charge in [-0.3, -0.25) is 14.4 Å². The van der Waals surface area contributed by atoms with Crippen LogP contribution in [0.3, 0.4) is 0 Å². The van der Waals surface area contributed by atoms with Crippen LogP contribution >= 0.6 is 0 Å². The van der Waals surface area contributed by atoms with Crippen molar-refractivity contribution < 1.29 is 29.0 Å². The van der Waals surface area contributed by atoms with E-state index in [2.05, 4.69) is 38.2 Å². The molecule has 45 heavy (non-hydrogen) atoms. The number of rotatable bonds is 11. The molecule has 1 atom stereocenters. The molecule has 0 unspecified atom stereocenters. The summed E-state index contributed by atoms with van der Waals surface area (Å²) >= 11 is 0. The molecule has 0 bridgehead atoms. The van der Waals surface area contributed by atoms with E-state index in [0.717, 1.165) is 58.7 Å². The number of carbonyl (C=O) groups is 3. The summed E-state index contributed by atoms with van der Waals surface area (Å²) in [7, 11) is 0. The monoisotopic (exact) mass is 611 g/mol. The summed E-state index contributed by atoms with van der Waals surface area (Å²) in [5, 5.41) is 12.3. The highest BCUT2D eigenvalue weighted by atomic mass is 16.5. The normalized spacial score (nSPS) is 15.7. The van der Waals surface area contributed by atoms with Gasteiger partial charge in [-0.2, -0.15) is 0 Å². The van der Waals surface area contributed by atoms with E-state index in [1.807, 2.05) is 54.6 Å². The van der Waals surface area contributed by atoms with Gasteiger partial charge in [0.1, 0.15) is 24.0 Å². The Hall–Kier alpha value is -4.13. The smallest absolute Gasteiger partial charge is 0.317 e. The van der Waals surface area contributed by atoms with Crippen LogP contribution in [0.5, 0.6) is 11.5 Å². The van der Waals surface area contributed by atoms with Crippen LogP contribution in [0, 0.1) is 5.92 Å². The SMILES string of the molecule is CC(C)(C)c1ccc(CC[C@@H](CC2CCCCC2)OC(=O)CC(=O)O)cc1NC(=O)CC1c2ccccc2Oc2ccccc21. The second kappa shape index (κ2) is 14.3. The van der Waals surface area contributed by atoms with Crippen molar-refractivity contribution in [1.29, 1.82) is 0 Å². The summed E-state index contributed by atoms with van der Waals surface area (Å²) in [4.78, 5) is 37.1. The number of fused-ring (bicyclic) bond motifs is 2. The number of carboxylic acid groups (broad SMARTS) is 1. The minimum absolute atomic E-state index is 0.0769. The molecule has 0 saturated heterocycles. The van der Waals surface area contributed by atoms with Crippen molar-refractivity contribution in [2.24, 2.45) is 5.92 Å². The molecular formula is C38H45NO6. The number of anilines is 1. The van der Waals surface area contributed by atoms with Crippen LogP contribution in [0.2, 0.25) is 0 Å². The van der Waals surface area contributed by atoms with E-state index in [9.17, 15) is 14.4 Å². The lowest BCUT2D eigenvalue weighted by molar-refractivity contribution is -0.156. The number of esters is 1. The third-order valence-corrected chi connectivity index (χ3v) is 9.03. The van der Waals surface area contributed by atoms with Crippen LogP contribution < -0.4 is 10.1 Å². The minimum atomic E-state index is -1.18. The van der Waals surface area contributed by atoms with Gasteiger partial charge in [-0.1, -0.05) is 101 Å². The Kier molecular flexibility index (Phi) is 10.3. The highest BCUT2D eigenvalue weighted by Gasteiger charge is 2.30. The van der Waals surface area contributed by atoms with E-state index < -0.39 is 18.4 Å². The van der Waals surface area contributed by atoms with Crippen molar-refractivity contribution in [2.45, 2.75) is 102 Å². The standard InChI is InChI=1S/C38H45NO6/c1-38(2,3)31-20-18-26(17-19-27(44-37(43)24-36(41)42)21-25-11-5-4-6-12-25)22-32(31)39-35(40)23-30-28-13-7-9-15-33(28)45-34-16-10-8-14-29(30)34/h7-10,13-16,18,20,22,25,27,30H,4-6,11-12,17,19,21,23-24H2,1-3H3,(H,39,40)(H,41,42)/t27-/m0/s1. The average Bonchev–Trinajstić information content (AvgIpc) is 2.99. The second-order valence-electron chi connectivity index (χ2n) is 13.6. The number of benzene rings is 3. The first-order valence-corrected chi connectivity index (χ1v) is 16.3. The molecule has 7 nitrogen and oxygen atoms in total. The number of aryl methyl sites for hydroxylation is 1. The highest BCUT2D eigenvalue weighted by molar-refractivity contribution is 5.93. The molecule has 3 aromatic carbocycles. The molecule has 1 amide bonds. The minimum Gasteiger partial charge on any atom is -0.481 e. The summed E-state index contributed by atoms with van der Waals surface area (Å²) < 4.78 is 11.8. The van der Waals surface area contributed by atoms with Gasteiger partial charge >= 0.3 is 11.9 Å². The van der Waals surface area contributed by atoms with Gasteiger partial charge in [0, 0.05) is 29.2 Å². The molecular weight excluding hydrogens is 566 g/mol. The molecule has 7 heteroatoms. The number of carbonyl (C=O) groups excluding carboxylic acids is 2. The first kappa shape index (κ1) is 32.3. The highest BCUT2D eigenvalue weighted by Crippen LogP contribution is 2.45. The summed E-state index contributed by atoms with van der Waals surface area (Å²) in [5.41, 5.74) is 4.65. The topological polar surface area (TPSA) is 102 Å². The molecule has 1 aliphatic carbocycles. The fourth-order valence-electron chi connectivity index (χ4n) is 6.82. The lowest BCUT2D eigenvalue weighted by atomic mass is 9.83. The van der Waals surface area contributed by atoms with E-state index in [1.54, 1.807) is 0 Å². The maximum atomic E-state index is 13.7. The summed E-state index contributed by atoms with van der Waals surface area (Å²) in [6.45, 7) is 6.39. The molecule has 0 radical (unpaired) electrons. The predicted octanol–water partition coefficient (Wildman–Crippen LogP) is 8.54. The fraction of sp³-hybridized carbons (Fsp3) is 0.447. The molecule has 0 aromatic heterocycles. The first-order chi connectivity index (χ1) is 21.6. The van der Waals surface area contributed by atoms with Crippen molar-refractivity contribution >= 4 is 23.5 Å². The van der Waals surface area contributed by atoms with Crippen LogP contribution in [-0.4, -0.2) is 29.1 Å². The lowest BCUT2D eigenvalue weighted by Gasteiger charge is -2.28. The fourth-order valence-corrected chi connectivity index (χ4v) is 6.82. The Morgan fingerprint density at radius 2 is 1.58 bits per heavy atom. The number of hydrogen-bond acceptors (Lipinski definition) is 5. The molecule has 1 heterocycles. The van der Waals surface area contributed by atoms with Gasteiger partial charge in [-0.15, -0.1) is 0 Å².